The van der Waals surface area contributed by atoms with Crippen LogP contribution in [0.3, 0.4) is 0 Å². The first-order valence-corrected chi connectivity index (χ1v) is 7.90. The molecule has 0 bridgehead atoms. The van der Waals surface area contributed by atoms with Crippen molar-refractivity contribution in [1.29, 1.82) is 0 Å². The smallest absolute Gasteiger partial charge is 0.119 e. The van der Waals surface area contributed by atoms with Crippen molar-refractivity contribution in [2.24, 2.45) is 5.73 Å². The number of benzene rings is 1. The molecule has 2 aromatic rings. The Morgan fingerprint density at radius 1 is 1.43 bits per heavy atom. The maximum atomic E-state index is 6.22. The van der Waals surface area contributed by atoms with Crippen molar-refractivity contribution in [3.63, 3.8) is 0 Å². The maximum Gasteiger partial charge on any atom is 0.119 e. The van der Waals surface area contributed by atoms with E-state index in [2.05, 4.69) is 34.4 Å². The highest BCUT2D eigenvalue weighted by molar-refractivity contribution is 7.09. The Labute approximate surface area is 130 Å². The fourth-order valence-electron chi connectivity index (χ4n) is 2.62. The normalized spacial score (nSPS) is 14.2. The van der Waals surface area contributed by atoms with Gasteiger partial charge in [-0.05, 0) is 38.6 Å². The van der Waals surface area contributed by atoms with Gasteiger partial charge in [0, 0.05) is 24.0 Å². The van der Waals surface area contributed by atoms with Crippen LogP contribution in [0.15, 0.2) is 29.6 Å². The van der Waals surface area contributed by atoms with E-state index >= 15 is 0 Å². The van der Waals surface area contributed by atoms with Gasteiger partial charge in [0.2, 0.25) is 0 Å². The van der Waals surface area contributed by atoms with Gasteiger partial charge in [0.15, 0.2) is 0 Å². The van der Waals surface area contributed by atoms with E-state index < -0.39 is 0 Å². The van der Waals surface area contributed by atoms with Gasteiger partial charge in [0.1, 0.15) is 5.75 Å². The minimum absolute atomic E-state index is 0.0156. The molecule has 1 aromatic heterocycles. The molecule has 0 aliphatic carbocycles. The van der Waals surface area contributed by atoms with E-state index in [1.807, 2.05) is 26.0 Å². The van der Waals surface area contributed by atoms with Gasteiger partial charge in [-0.15, -0.1) is 11.3 Å². The van der Waals surface area contributed by atoms with Crippen LogP contribution in [0.25, 0.3) is 0 Å². The number of hydrogen-bond acceptors (Lipinski definition) is 5. The monoisotopic (exact) mass is 305 g/mol. The number of aryl methyl sites for hydroxylation is 1. The number of methoxy groups -OCH3 is 1. The molecule has 1 aromatic carbocycles. The minimum atomic E-state index is 0.0156. The number of nitrogens with zero attached hydrogens (tertiary/aromatic N) is 2. The zero-order valence-corrected chi connectivity index (χ0v) is 13.9. The van der Waals surface area contributed by atoms with Crippen LogP contribution in [0.5, 0.6) is 5.75 Å². The van der Waals surface area contributed by atoms with Gasteiger partial charge in [0.05, 0.1) is 17.8 Å². The van der Waals surface area contributed by atoms with E-state index in [0.717, 1.165) is 23.0 Å². The molecule has 0 fully saturated rings. The second-order valence-electron chi connectivity index (χ2n) is 5.35. The molecule has 0 radical (unpaired) electrons. The molecule has 4 nitrogen and oxygen atoms in total. The summed E-state index contributed by atoms with van der Waals surface area (Å²) in [5.74, 6) is 0.857. The number of thiazole rings is 1. The van der Waals surface area contributed by atoms with Crippen LogP contribution in [0, 0.1) is 6.92 Å². The van der Waals surface area contributed by atoms with Crippen molar-refractivity contribution in [2.75, 3.05) is 14.2 Å². The summed E-state index contributed by atoms with van der Waals surface area (Å²) >= 11 is 1.68. The molecule has 0 spiro atoms. The zero-order valence-electron chi connectivity index (χ0n) is 13.0. The topological polar surface area (TPSA) is 51.4 Å². The molecule has 114 valence electrons. The molecule has 2 rings (SSSR count). The second-order valence-corrected chi connectivity index (χ2v) is 6.42. The predicted octanol–water partition coefficient (Wildman–Crippen LogP) is 2.98. The summed E-state index contributed by atoms with van der Waals surface area (Å²) in [5, 5.41) is 3.20. The van der Waals surface area contributed by atoms with Crippen molar-refractivity contribution >= 4 is 11.3 Å². The summed E-state index contributed by atoms with van der Waals surface area (Å²) in [6.07, 6.45) is 0. The third kappa shape index (κ3) is 4.03. The molecule has 21 heavy (non-hydrogen) atoms. The van der Waals surface area contributed by atoms with E-state index in [1.165, 1.54) is 5.56 Å². The van der Waals surface area contributed by atoms with Crippen molar-refractivity contribution < 1.29 is 4.74 Å². The number of likely N-dealkylation sites (N-methyl/N-ethyl adjacent to an activating group) is 1. The Balaban J connectivity index is 2.21. The van der Waals surface area contributed by atoms with Gasteiger partial charge in [0.25, 0.3) is 0 Å². The Morgan fingerprint density at radius 2 is 2.19 bits per heavy atom. The van der Waals surface area contributed by atoms with Gasteiger partial charge in [-0.2, -0.15) is 0 Å². The molecule has 2 unspecified atom stereocenters. The summed E-state index contributed by atoms with van der Waals surface area (Å²) in [6.45, 7) is 4.85. The molecule has 2 atom stereocenters. The molecule has 0 amide bonds. The minimum Gasteiger partial charge on any atom is -0.497 e. The van der Waals surface area contributed by atoms with Gasteiger partial charge in [-0.3, -0.25) is 4.90 Å². The molecule has 0 saturated heterocycles. The van der Waals surface area contributed by atoms with Crippen molar-refractivity contribution in [2.45, 2.75) is 32.5 Å². The van der Waals surface area contributed by atoms with Gasteiger partial charge in [-0.25, -0.2) is 4.98 Å². The van der Waals surface area contributed by atoms with Crippen LogP contribution in [0.4, 0.5) is 0 Å². The average molecular weight is 305 g/mol. The van der Waals surface area contributed by atoms with E-state index in [0.29, 0.717) is 0 Å². The van der Waals surface area contributed by atoms with E-state index in [1.54, 1.807) is 18.4 Å². The molecular formula is C16H23N3OS. The van der Waals surface area contributed by atoms with E-state index in [-0.39, 0.29) is 12.1 Å². The quantitative estimate of drug-likeness (QED) is 0.891. The van der Waals surface area contributed by atoms with Gasteiger partial charge >= 0.3 is 0 Å². The first-order valence-electron chi connectivity index (χ1n) is 7.02. The fourth-order valence-corrected chi connectivity index (χ4v) is 3.22. The lowest BCUT2D eigenvalue weighted by atomic mass is 9.99. The standard InChI is InChI=1S/C16H23N3OS/c1-11(17)16(13-6-5-7-15(8-13)20-4)19(3)9-14-10-21-12(2)18-14/h5-8,10-11,16H,9,17H2,1-4H3. The first-order chi connectivity index (χ1) is 10.0. The highest BCUT2D eigenvalue weighted by Gasteiger charge is 2.22. The molecule has 1 heterocycles. The lowest BCUT2D eigenvalue weighted by Crippen LogP contribution is -2.37. The molecule has 0 saturated carbocycles. The average Bonchev–Trinajstić information content (AvgIpc) is 2.84. The van der Waals surface area contributed by atoms with Crippen LogP contribution < -0.4 is 10.5 Å². The molecule has 5 heteroatoms. The van der Waals surface area contributed by atoms with Crippen molar-refractivity contribution in [3.05, 3.63) is 45.9 Å². The lowest BCUT2D eigenvalue weighted by molar-refractivity contribution is 0.208. The lowest BCUT2D eigenvalue weighted by Gasteiger charge is -2.31. The third-order valence-corrected chi connectivity index (χ3v) is 4.31. The fraction of sp³-hybridized carbons (Fsp3) is 0.438. The van der Waals surface area contributed by atoms with Crippen LogP contribution in [-0.4, -0.2) is 30.1 Å². The third-order valence-electron chi connectivity index (χ3n) is 3.49. The van der Waals surface area contributed by atoms with Crippen LogP contribution >= 0.6 is 11.3 Å². The van der Waals surface area contributed by atoms with Crippen molar-refractivity contribution in [3.8, 4) is 5.75 Å². The number of ether oxygens (including phenoxy) is 1. The predicted molar refractivity (Wildman–Crippen MR) is 87.7 cm³/mol. The Morgan fingerprint density at radius 3 is 2.76 bits per heavy atom. The molecule has 0 aliphatic heterocycles. The Hall–Kier alpha value is -1.43. The van der Waals surface area contributed by atoms with Crippen LogP contribution in [0.1, 0.15) is 29.2 Å². The van der Waals surface area contributed by atoms with Gasteiger partial charge < -0.3 is 10.5 Å². The van der Waals surface area contributed by atoms with Crippen LogP contribution in [-0.2, 0) is 6.54 Å². The summed E-state index contributed by atoms with van der Waals surface area (Å²) in [7, 11) is 3.77. The highest BCUT2D eigenvalue weighted by atomic mass is 32.1. The second kappa shape index (κ2) is 7.02. The van der Waals surface area contributed by atoms with Gasteiger partial charge in [-0.1, -0.05) is 12.1 Å². The summed E-state index contributed by atoms with van der Waals surface area (Å²) in [6, 6.07) is 8.25. The SMILES string of the molecule is COc1cccc(C(C(C)N)N(C)Cc2csc(C)n2)c1. The largest absolute Gasteiger partial charge is 0.497 e. The van der Waals surface area contributed by atoms with Crippen molar-refractivity contribution in [1.82, 2.24) is 9.88 Å². The molecule has 2 N–H and O–H groups in total. The Kier molecular flexibility index (Phi) is 5.33. The first kappa shape index (κ1) is 15.9. The molecule has 0 aliphatic rings. The highest BCUT2D eigenvalue weighted by Crippen LogP contribution is 2.27. The van der Waals surface area contributed by atoms with Crippen LogP contribution in [0.2, 0.25) is 0 Å². The summed E-state index contributed by atoms with van der Waals surface area (Å²) in [5.41, 5.74) is 8.48. The number of hydrogen-bond donors (Lipinski definition) is 1. The zero-order chi connectivity index (χ0) is 15.4. The number of nitrogens with two attached hydrogens (primary N) is 1. The van der Waals surface area contributed by atoms with E-state index in [9.17, 15) is 0 Å². The number of aromatic nitrogens is 1. The number of rotatable bonds is 6. The van der Waals surface area contributed by atoms with E-state index in [4.69, 9.17) is 10.5 Å². The maximum absolute atomic E-state index is 6.22. The summed E-state index contributed by atoms with van der Waals surface area (Å²) in [4.78, 5) is 6.78. The Bertz CT molecular complexity index is 582. The summed E-state index contributed by atoms with van der Waals surface area (Å²) < 4.78 is 5.32. The molecular weight excluding hydrogens is 282 g/mol.